The molecule has 0 saturated carbocycles. The van der Waals surface area contributed by atoms with E-state index in [9.17, 15) is 9.59 Å². The molecule has 27 heavy (non-hydrogen) atoms. The van der Waals surface area contributed by atoms with E-state index < -0.39 is 0 Å². The highest BCUT2D eigenvalue weighted by atomic mass is 16.2. The molecule has 1 N–H and O–H groups in total. The molecule has 0 saturated heterocycles. The average Bonchev–Trinajstić information content (AvgIpc) is 2.73. The zero-order chi connectivity index (χ0) is 18.6. The van der Waals surface area contributed by atoms with Crippen molar-refractivity contribution in [2.75, 3.05) is 18.4 Å². The Morgan fingerprint density at radius 3 is 2.63 bits per heavy atom. The molecular weight excluding hydrogens is 336 g/mol. The van der Waals surface area contributed by atoms with E-state index in [0.717, 1.165) is 24.2 Å². The number of hydrogen-bond acceptors (Lipinski definition) is 2. The van der Waals surface area contributed by atoms with E-state index in [-0.39, 0.29) is 17.7 Å². The van der Waals surface area contributed by atoms with Gasteiger partial charge in [0.05, 0.1) is 0 Å². The zero-order valence-electron chi connectivity index (χ0n) is 15.4. The highest BCUT2D eigenvalue weighted by Gasteiger charge is 2.27. The van der Waals surface area contributed by atoms with Crippen LogP contribution in [-0.2, 0) is 16.0 Å². The Morgan fingerprint density at radius 2 is 1.85 bits per heavy atom. The van der Waals surface area contributed by atoms with Crippen LogP contribution in [0.2, 0.25) is 0 Å². The van der Waals surface area contributed by atoms with Gasteiger partial charge in [-0.1, -0.05) is 54.6 Å². The Hall–Kier alpha value is -2.88. The van der Waals surface area contributed by atoms with E-state index in [1.165, 1.54) is 11.1 Å². The van der Waals surface area contributed by atoms with Crippen molar-refractivity contribution >= 4 is 23.1 Å². The SMILES string of the molecule is O=C1Nc2ccccc2C[C@H]1CCC(=O)N1CC=C(c2ccccc2)CC1. The van der Waals surface area contributed by atoms with Gasteiger partial charge >= 0.3 is 0 Å². The minimum absolute atomic E-state index is 0.0337. The van der Waals surface area contributed by atoms with Crippen LogP contribution < -0.4 is 5.32 Å². The molecule has 4 heteroatoms. The molecule has 0 bridgehead atoms. The Balaban J connectivity index is 1.32. The van der Waals surface area contributed by atoms with Crippen molar-refractivity contribution in [1.29, 1.82) is 0 Å². The number of rotatable bonds is 4. The molecule has 4 nitrogen and oxygen atoms in total. The largest absolute Gasteiger partial charge is 0.339 e. The van der Waals surface area contributed by atoms with Crippen LogP contribution in [0.5, 0.6) is 0 Å². The predicted molar refractivity (Wildman–Crippen MR) is 107 cm³/mol. The van der Waals surface area contributed by atoms with Crippen molar-refractivity contribution in [2.45, 2.75) is 25.7 Å². The number of carbonyl (C=O) groups is 2. The highest BCUT2D eigenvalue weighted by molar-refractivity contribution is 5.96. The number of nitrogens with zero attached hydrogens (tertiary/aromatic N) is 1. The highest BCUT2D eigenvalue weighted by Crippen LogP contribution is 2.28. The first-order valence-corrected chi connectivity index (χ1v) is 9.62. The minimum Gasteiger partial charge on any atom is -0.339 e. The number of carbonyl (C=O) groups excluding carboxylic acids is 2. The number of nitrogens with one attached hydrogen (secondary N) is 1. The fourth-order valence-corrected chi connectivity index (χ4v) is 3.91. The van der Waals surface area contributed by atoms with Gasteiger partial charge in [-0.3, -0.25) is 9.59 Å². The molecule has 4 rings (SSSR count). The van der Waals surface area contributed by atoms with E-state index >= 15 is 0 Å². The molecule has 0 radical (unpaired) electrons. The number of fused-ring (bicyclic) bond motifs is 1. The maximum atomic E-state index is 12.6. The van der Waals surface area contributed by atoms with Gasteiger partial charge in [0.25, 0.3) is 0 Å². The zero-order valence-corrected chi connectivity index (χ0v) is 15.4. The molecule has 2 aliphatic rings. The smallest absolute Gasteiger partial charge is 0.227 e. The number of hydrogen-bond donors (Lipinski definition) is 1. The maximum Gasteiger partial charge on any atom is 0.227 e. The molecule has 2 heterocycles. The third kappa shape index (κ3) is 3.95. The van der Waals surface area contributed by atoms with Crippen molar-refractivity contribution < 1.29 is 9.59 Å². The van der Waals surface area contributed by atoms with E-state index in [1.54, 1.807) is 0 Å². The molecule has 2 aromatic rings. The molecular formula is C23H24N2O2. The molecule has 138 valence electrons. The van der Waals surface area contributed by atoms with Crippen LogP contribution >= 0.6 is 0 Å². The number of para-hydroxylation sites is 1. The summed E-state index contributed by atoms with van der Waals surface area (Å²) in [5.74, 6) is 0.0560. The van der Waals surface area contributed by atoms with Gasteiger partial charge < -0.3 is 10.2 Å². The van der Waals surface area contributed by atoms with E-state index in [4.69, 9.17) is 0 Å². The first-order chi connectivity index (χ1) is 13.2. The van der Waals surface area contributed by atoms with Gasteiger partial charge in [0.1, 0.15) is 0 Å². The second kappa shape index (κ2) is 7.78. The molecule has 0 unspecified atom stereocenters. The second-order valence-corrected chi connectivity index (χ2v) is 7.27. The first-order valence-electron chi connectivity index (χ1n) is 9.62. The number of amides is 2. The van der Waals surface area contributed by atoms with Crippen molar-refractivity contribution in [2.24, 2.45) is 5.92 Å². The van der Waals surface area contributed by atoms with Crippen molar-refractivity contribution in [3.8, 4) is 0 Å². The number of anilines is 1. The quantitative estimate of drug-likeness (QED) is 0.899. The summed E-state index contributed by atoms with van der Waals surface area (Å²) < 4.78 is 0. The molecule has 2 amide bonds. The third-order valence-electron chi connectivity index (χ3n) is 5.53. The summed E-state index contributed by atoms with van der Waals surface area (Å²) in [5.41, 5.74) is 4.60. The van der Waals surface area contributed by atoms with Crippen LogP contribution in [0.3, 0.4) is 0 Å². The van der Waals surface area contributed by atoms with Crippen LogP contribution in [-0.4, -0.2) is 29.8 Å². The lowest BCUT2D eigenvalue weighted by Crippen LogP contribution is -2.36. The fraction of sp³-hybridized carbons (Fsp3) is 0.304. The van der Waals surface area contributed by atoms with E-state index in [2.05, 4.69) is 23.5 Å². The van der Waals surface area contributed by atoms with E-state index in [1.807, 2.05) is 47.4 Å². The summed E-state index contributed by atoms with van der Waals surface area (Å²) in [6.45, 7) is 1.40. The number of benzene rings is 2. The lowest BCUT2D eigenvalue weighted by atomic mass is 9.89. The summed E-state index contributed by atoms with van der Waals surface area (Å²) >= 11 is 0. The van der Waals surface area contributed by atoms with Gasteiger partial charge in [-0.05, 0) is 42.0 Å². The van der Waals surface area contributed by atoms with Crippen LogP contribution in [0.4, 0.5) is 5.69 Å². The van der Waals surface area contributed by atoms with Gasteiger partial charge in [0, 0.05) is 31.1 Å². The minimum atomic E-state index is -0.121. The van der Waals surface area contributed by atoms with Gasteiger partial charge in [-0.15, -0.1) is 0 Å². The Bertz CT molecular complexity index is 873. The summed E-state index contributed by atoms with van der Waals surface area (Å²) in [6.07, 6.45) is 4.78. The van der Waals surface area contributed by atoms with E-state index in [0.29, 0.717) is 25.8 Å². The fourth-order valence-electron chi connectivity index (χ4n) is 3.91. The van der Waals surface area contributed by atoms with Crippen LogP contribution in [0.1, 0.15) is 30.4 Å². The molecule has 0 aliphatic carbocycles. The molecule has 1 atom stereocenters. The van der Waals surface area contributed by atoms with Gasteiger partial charge in [-0.25, -0.2) is 0 Å². The van der Waals surface area contributed by atoms with Crippen LogP contribution in [0.25, 0.3) is 5.57 Å². The lowest BCUT2D eigenvalue weighted by Gasteiger charge is -2.28. The summed E-state index contributed by atoms with van der Waals surface area (Å²) in [6, 6.07) is 18.2. The summed E-state index contributed by atoms with van der Waals surface area (Å²) in [4.78, 5) is 26.8. The summed E-state index contributed by atoms with van der Waals surface area (Å²) in [5, 5.41) is 2.96. The molecule has 2 aromatic carbocycles. The van der Waals surface area contributed by atoms with Crippen molar-refractivity contribution in [1.82, 2.24) is 4.90 Å². The molecule has 2 aliphatic heterocycles. The van der Waals surface area contributed by atoms with Crippen LogP contribution in [0, 0.1) is 5.92 Å². The molecule has 0 spiro atoms. The molecule has 0 aromatic heterocycles. The van der Waals surface area contributed by atoms with Crippen molar-refractivity contribution in [3.63, 3.8) is 0 Å². The maximum absolute atomic E-state index is 12.6. The monoisotopic (exact) mass is 360 g/mol. The Morgan fingerprint density at radius 1 is 1.07 bits per heavy atom. The summed E-state index contributed by atoms with van der Waals surface area (Å²) in [7, 11) is 0. The van der Waals surface area contributed by atoms with Gasteiger partial charge in [-0.2, -0.15) is 0 Å². The van der Waals surface area contributed by atoms with Crippen molar-refractivity contribution in [3.05, 3.63) is 71.8 Å². The first kappa shape index (κ1) is 17.5. The van der Waals surface area contributed by atoms with Gasteiger partial charge in [0.15, 0.2) is 0 Å². The molecule has 0 fully saturated rings. The second-order valence-electron chi connectivity index (χ2n) is 7.27. The normalized spacial score (nSPS) is 19.1. The standard InChI is InChI=1S/C23H24N2O2/c26-22(25-14-12-18(13-15-25)17-6-2-1-3-7-17)11-10-20-16-19-8-4-5-9-21(19)24-23(20)27/h1-9,12,20H,10-11,13-16H2,(H,24,27)/t20-/m1/s1. The Kier molecular flexibility index (Phi) is 5.05. The topological polar surface area (TPSA) is 49.4 Å². The Labute approximate surface area is 159 Å². The predicted octanol–water partition coefficient (Wildman–Crippen LogP) is 3.89. The lowest BCUT2D eigenvalue weighted by molar-refractivity contribution is -0.131. The third-order valence-corrected chi connectivity index (χ3v) is 5.53. The van der Waals surface area contributed by atoms with Crippen LogP contribution in [0.15, 0.2) is 60.7 Å². The average molecular weight is 360 g/mol. The van der Waals surface area contributed by atoms with Gasteiger partial charge in [0.2, 0.25) is 11.8 Å².